The molecule has 0 unspecified atom stereocenters. The largest absolute Gasteiger partial charge is 0.299 e. The van der Waals surface area contributed by atoms with Crippen molar-refractivity contribution in [2.45, 2.75) is 31.2 Å². The van der Waals surface area contributed by atoms with Crippen molar-refractivity contribution in [2.24, 2.45) is 5.92 Å². The molecule has 1 aromatic carbocycles. The van der Waals surface area contributed by atoms with Crippen molar-refractivity contribution >= 4 is 12.6 Å². The molecular formula is C13H18FNS. The van der Waals surface area contributed by atoms with Crippen LogP contribution in [0.3, 0.4) is 0 Å². The summed E-state index contributed by atoms with van der Waals surface area (Å²) in [6.07, 6.45) is 2.49. The maximum absolute atomic E-state index is 13.1. The third kappa shape index (κ3) is 2.98. The lowest BCUT2D eigenvalue weighted by atomic mass is 9.99. The summed E-state index contributed by atoms with van der Waals surface area (Å²) >= 11 is 4.37. The molecule has 1 heterocycles. The van der Waals surface area contributed by atoms with E-state index in [1.807, 2.05) is 0 Å². The molecule has 88 valence electrons. The van der Waals surface area contributed by atoms with Gasteiger partial charge < -0.3 is 0 Å². The highest BCUT2D eigenvalue weighted by atomic mass is 32.1. The lowest BCUT2D eigenvalue weighted by molar-refractivity contribution is 0.184. The Hall–Kier alpha value is -0.540. The Morgan fingerprint density at radius 2 is 2.06 bits per heavy atom. The Kier molecular flexibility index (Phi) is 3.87. The number of piperidine rings is 1. The lowest BCUT2D eigenvalue weighted by Crippen LogP contribution is -2.32. The predicted molar refractivity (Wildman–Crippen MR) is 67.3 cm³/mol. The summed E-state index contributed by atoms with van der Waals surface area (Å²) in [6.45, 7) is 5.35. The monoisotopic (exact) mass is 239 g/mol. The molecule has 16 heavy (non-hydrogen) atoms. The fourth-order valence-electron chi connectivity index (χ4n) is 2.14. The first-order valence-electron chi connectivity index (χ1n) is 5.85. The van der Waals surface area contributed by atoms with Crippen LogP contribution in [0.5, 0.6) is 0 Å². The maximum atomic E-state index is 13.1. The highest BCUT2D eigenvalue weighted by Crippen LogP contribution is 2.21. The molecule has 1 aliphatic rings. The second kappa shape index (κ2) is 5.19. The van der Waals surface area contributed by atoms with Gasteiger partial charge in [0.1, 0.15) is 5.82 Å². The third-order valence-electron chi connectivity index (χ3n) is 3.31. The summed E-state index contributed by atoms with van der Waals surface area (Å²) in [6, 6.07) is 4.80. The minimum atomic E-state index is -0.168. The van der Waals surface area contributed by atoms with Crippen molar-refractivity contribution in [3.63, 3.8) is 0 Å². The number of halogens is 1. The Morgan fingerprint density at radius 3 is 2.75 bits per heavy atom. The van der Waals surface area contributed by atoms with Crippen LogP contribution in [0.2, 0.25) is 0 Å². The fourth-order valence-corrected chi connectivity index (χ4v) is 2.35. The van der Waals surface area contributed by atoms with Crippen LogP contribution in [-0.4, -0.2) is 18.0 Å². The van der Waals surface area contributed by atoms with Crippen molar-refractivity contribution < 1.29 is 4.39 Å². The van der Waals surface area contributed by atoms with E-state index in [1.165, 1.54) is 18.9 Å². The zero-order chi connectivity index (χ0) is 11.5. The van der Waals surface area contributed by atoms with Gasteiger partial charge in [-0.25, -0.2) is 4.39 Å². The van der Waals surface area contributed by atoms with Crippen molar-refractivity contribution in [1.82, 2.24) is 4.90 Å². The maximum Gasteiger partial charge on any atom is 0.123 e. The molecule has 0 N–H and O–H groups in total. The average Bonchev–Trinajstić information content (AvgIpc) is 2.27. The van der Waals surface area contributed by atoms with Gasteiger partial charge >= 0.3 is 0 Å². The van der Waals surface area contributed by atoms with Crippen molar-refractivity contribution in [2.75, 3.05) is 13.1 Å². The second-order valence-electron chi connectivity index (χ2n) is 4.73. The van der Waals surface area contributed by atoms with Crippen LogP contribution in [0.1, 0.15) is 25.3 Å². The second-order valence-corrected chi connectivity index (χ2v) is 5.21. The number of benzene rings is 1. The first-order chi connectivity index (χ1) is 7.65. The van der Waals surface area contributed by atoms with Gasteiger partial charge in [0.05, 0.1) is 0 Å². The van der Waals surface area contributed by atoms with E-state index in [9.17, 15) is 4.39 Å². The van der Waals surface area contributed by atoms with Crippen molar-refractivity contribution in [1.29, 1.82) is 0 Å². The molecule has 0 aliphatic carbocycles. The van der Waals surface area contributed by atoms with Crippen LogP contribution in [0.25, 0.3) is 0 Å². The highest BCUT2D eigenvalue weighted by Gasteiger charge is 2.16. The molecule has 0 spiro atoms. The smallest absolute Gasteiger partial charge is 0.123 e. The molecule has 1 saturated heterocycles. The summed E-state index contributed by atoms with van der Waals surface area (Å²) in [5.74, 6) is 0.664. The van der Waals surface area contributed by atoms with Crippen LogP contribution in [-0.2, 0) is 6.54 Å². The van der Waals surface area contributed by atoms with Crippen LogP contribution < -0.4 is 0 Å². The summed E-state index contributed by atoms with van der Waals surface area (Å²) in [5.41, 5.74) is 0.998. The van der Waals surface area contributed by atoms with Gasteiger partial charge in [0.15, 0.2) is 0 Å². The number of thiol groups is 1. The predicted octanol–water partition coefficient (Wildman–Crippen LogP) is 3.35. The van der Waals surface area contributed by atoms with Crippen LogP contribution in [0, 0.1) is 11.7 Å². The minimum Gasteiger partial charge on any atom is -0.299 e. The van der Waals surface area contributed by atoms with E-state index in [1.54, 1.807) is 12.1 Å². The van der Waals surface area contributed by atoms with E-state index in [4.69, 9.17) is 0 Å². The molecule has 0 radical (unpaired) electrons. The normalized spacial score (nSPS) is 18.9. The molecule has 0 saturated carbocycles. The molecule has 0 aromatic heterocycles. The SMILES string of the molecule is CC1CCN(Cc2cc(F)ccc2S)CC1. The molecule has 1 aliphatic heterocycles. The molecule has 2 rings (SSSR count). The topological polar surface area (TPSA) is 3.24 Å². The first kappa shape index (κ1) is 11.9. The van der Waals surface area contributed by atoms with Gasteiger partial charge in [-0.15, -0.1) is 12.6 Å². The third-order valence-corrected chi connectivity index (χ3v) is 3.75. The minimum absolute atomic E-state index is 0.168. The van der Waals surface area contributed by atoms with Gasteiger partial charge in [-0.3, -0.25) is 4.90 Å². The molecule has 1 nitrogen and oxygen atoms in total. The Labute approximate surface area is 102 Å². The summed E-state index contributed by atoms with van der Waals surface area (Å²) in [5, 5.41) is 0. The number of likely N-dealkylation sites (tertiary alicyclic amines) is 1. The van der Waals surface area contributed by atoms with E-state index < -0.39 is 0 Å². The molecular weight excluding hydrogens is 221 g/mol. The van der Waals surface area contributed by atoms with Crippen LogP contribution >= 0.6 is 12.6 Å². The Balaban J connectivity index is 2.00. The lowest BCUT2D eigenvalue weighted by Gasteiger charge is -2.30. The average molecular weight is 239 g/mol. The molecule has 1 aromatic rings. The number of hydrogen-bond acceptors (Lipinski definition) is 2. The molecule has 0 bridgehead atoms. The van der Waals surface area contributed by atoms with E-state index in [2.05, 4.69) is 24.5 Å². The Morgan fingerprint density at radius 1 is 1.38 bits per heavy atom. The standard InChI is InChI=1S/C13H18FNS/c1-10-4-6-15(7-5-10)9-11-8-12(14)2-3-13(11)16/h2-3,8,10,16H,4-7,9H2,1H3. The van der Waals surface area contributed by atoms with Gasteiger partial charge in [-0.05, 0) is 55.6 Å². The van der Waals surface area contributed by atoms with E-state index >= 15 is 0 Å². The number of hydrogen-bond donors (Lipinski definition) is 1. The van der Waals surface area contributed by atoms with Crippen molar-refractivity contribution in [3.05, 3.63) is 29.6 Å². The summed E-state index contributed by atoms with van der Waals surface area (Å²) in [7, 11) is 0. The van der Waals surface area contributed by atoms with Gasteiger partial charge in [0.25, 0.3) is 0 Å². The Bertz CT molecular complexity index is 359. The zero-order valence-corrected chi connectivity index (χ0v) is 10.5. The fraction of sp³-hybridized carbons (Fsp3) is 0.538. The van der Waals surface area contributed by atoms with Gasteiger partial charge in [0.2, 0.25) is 0 Å². The van der Waals surface area contributed by atoms with E-state index in [-0.39, 0.29) is 5.82 Å². The first-order valence-corrected chi connectivity index (χ1v) is 6.29. The van der Waals surface area contributed by atoms with E-state index in [0.29, 0.717) is 0 Å². The number of rotatable bonds is 2. The van der Waals surface area contributed by atoms with Gasteiger partial charge in [-0.2, -0.15) is 0 Å². The summed E-state index contributed by atoms with van der Waals surface area (Å²) in [4.78, 5) is 3.27. The molecule has 3 heteroatoms. The van der Waals surface area contributed by atoms with Crippen LogP contribution in [0.4, 0.5) is 4.39 Å². The van der Waals surface area contributed by atoms with Gasteiger partial charge in [-0.1, -0.05) is 6.92 Å². The van der Waals surface area contributed by atoms with Gasteiger partial charge in [0, 0.05) is 11.4 Å². The molecule has 0 amide bonds. The van der Waals surface area contributed by atoms with Crippen LogP contribution in [0.15, 0.2) is 23.1 Å². The summed E-state index contributed by atoms with van der Waals surface area (Å²) < 4.78 is 13.1. The van der Waals surface area contributed by atoms with Crippen molar-refractivity contribution in [3.8, 4) is 0 Å². The van der Waals surface area contributed by atoms with E-state index in [0.717, 1.165) is 36.0 Å². The molecule has 1 fully saturated rings. The molecule has 0 atom stereocenters. The zero-order valence-electron chi connectivity index (χ0n) is 9.62. The highest BCUT2D eigenvalue weighted by molar-refractivity contribution is 7.80. The quantitative estimate of drug-likeness (QED) is 0.775. The number of nitrogens with zero attached hydrogens (tertiary/aromatic N) is 1.